The largest absolute Gasteiger partial charge is 0.481 e. The van der Waals surface area contributed by atoms with E-state index in [1.807, 2.05) is 36.4 Å². The Bertz CT molecular complexity index is 611. The van der Waals surface area contributed by atoms with Gasteiger partial charge in [0.1, 0.15) is 5.75 Å². The predicted octanol–water partition coefficient (Wildman–Crippen LogP) is 3.29. The molecule has 116 valence electrons. The molecular formula is C18H22N2O2. The average Bonchev–Trinajstić information content (AvgIpc) is 2.53. The Morgan fingerprint density at radius 3 is 2.50 bits per heavy atom. The number of para-hydroxylation sites is 1. The number of benzene rings is 1. The van der Waals surface area contributed by atoms with Crippen molar-refractivity contribution in [3.8, 4) is 5.75 Å². The van der Waals surface area contributed by atoms with Gasteiger partial charge in [-0.2, -0.15) is 0 Å². The normalized spacial score (nSPS) is 12.0. The third-order valence-corrected chi connectivity index (χ3v) is 3.43. The molecule has 4 nitrogen and oxygen atoms in total. The SMILES string of the molecule is CC(Oc1ccccc1C(C)C)C(=O)NCc1ccncc1. The molecule has 1 aromatic heterocycles. The van der Waals surface area contributed by atoms with E-state index in [0.717, 1.165) is 16.9 Å². The van der Waals surface area contributed by atoms with E-state index in [1.165, 1.54) is 0 Å². The molecule has 0 aliphatic heterocycles. The van der Waals surface area contributed by atoms with Gasteiger partial charge in [0.05, 0.1) is 0 Å². The van der Waals surface area contributed by atoms with Gasteiger partial charge in [-0.1, -0.05) is 32.0 Å². The Balaban J connectivity index is 1.94. The molecule has 4 heteroatoms. The van der Waals surface area contributed by atoms with E-state index in [1.54, 1.807) is 19.3 Å². The van der Waals surface area contributed by atoms with Crippen LogP contribution in [0.3, 0.4) is 0 Å². The number of hydrogen-bond donors (Lipinski definition) is 1. The Morgan fingerprint density at radius 2 is 1.82 bits per heavy atom. The van der Waals surface area contributed by atoms with Gasteiger partial charge in [-0.05, 0) is 42.2 Å². The smallest absolute Gasteiger partial charge is 0.261 e. The van der Waals surface area contributed by atoms with Gasteiger partial charge in [-0.3, -0.25) is 9.78 Å². The molecule has 0 radical (unpaired) electrons. The number of nitrogens with one attached hydrogen (secondary N) is 1. The van der Waals surface area contributed by atoms with Crippen molar-refractivity contribution in [2.75, 3.05) is 0 Å². The summed E-state index contributed by atoms with van der Waals surface area (Å²) >= 11 is 0. The molecule has 0 spiro atoms. The van der Waals surface area contributed by atoms with Crippen LogP contribution in [0.4, 0.5) is 0 Å². The van der Waals surface area contributed by atoms with E-state index in [9.17, 15) is 4.79 Å². The molecule has 2 rings (SSSR count). The van der Waals surface area contributed by atoms with Gasteiger partial charge in [-0.25, -0.2) is 0 Å². The third kappa shape index (κ3) is 4.32. The number of hydrogen-bond acceptors (Lipinski definition) is 3. The third-order valence-electron chi connectivity index (χ3n) is 3.43. The van der Waals surface area contributed by atoms with Crippen LogP contribution in [0.15, 0.2) is 48.8 Å². The number of ether oxygens (including phenoxy) is 1. The van der Waals surface area contributed by atoms with Crippen LogP contribution in [-0.4, -0.2) is 17.0 Å². The summed E-state index contributed by atoms with van der Waals surface area (Å²) in [5, 5.41) is 2.88. The minimum Gasteiger partial charge on any atom is -0.481 e. The van der Waals surface area contributed by atoms with Crippen molar-refractivity contribution < 1.29 is 9.53 Å². The van der Waals surface area contributed by atoms with Crippen LogP contribution in [0, 0.1) is 0 Å². The first kappa shape index (κ1) is 16.0. The molecule has 0 saturated carbocycles. The second kappa shape index (κ2) is 7.59. The molecule has 22 heavy (non-hydrogen) atoms. The van der Waals surface area contributed by atoms with E-state index in [2.05, 4.69) is 24.1 Å². The highest BCUT2D eigenvalue weighted by atomic mass is 16.5. The number of carbonyl (C=O) groups excluding carboxylic acids is 1. The van der Waals surface area contributed by atoms with Gasteiger partial charge in [0.15, 0.2) is 6.10 Å². The van der Waals surface area contributed by atoms with Crippen molar-refractivity contribution in [3.63, 3.8) is 0 Å². The lowest BCUT2D eigenvalue weighted by molar-refractivity contribution is -0.127. The fourth-order valence-electron chi connectivity index (χ4n) is 2.14. The van der Waals surface area contributed by atoms with Crippen LogP contribution in [0.25, 0.3) is 0 Å². The molecule has 1 atom stereocenters. The van der Waals surface area contributed by atoms with E-state index in [-0.39, 0.29) is 5.91 Å². The summed E-state index contributed by atoms with van der Waals surface area (Å²) in [7, 11) is 0. The summed E-state index contributed by atoms with van der Waals surface area (Å²) in [6, 6.07) is 11.6. The van der Waals surface area contributed by atoms with Crippen molar-refractivity contribution >= 4 is 5.91 Å². The lowest BCUT2D eigenvalue weighted by Crippen LogP contribution is -2.36. The Hall–Kier alpha value is -2.36. The maximum atomic E-state index is 12.2. The minimum atomic E-state index is -0.540. The molecule has 0 bridgehead atoms. The molecule has 1 unspecified atom stereocenters. The van der Waals surface area contributed by atoms with Gasteiger partial charge in [0.2, 0.25) is 0 Å². The summed E-state index contributed by atoms with van der Waals surface area (Å²) in [6.07, 6.45) is 2.88. The molecule has 1 heterocycles. The lowest BCUT2D eigenvalue weighted by Gasteiger charge is -2.18. The summed E-state index contributed by atoms with van der Waals surface area (Å²) in [5.41, 5.74) is 2.12. The van der Waals surface area contributed by atoms with Crippen molar-refractivity contribution in [3.05, 3.63) is 59.9 Å². The summed E-state index contributed by atoms with van der Waals surface area (Å²) in [6.45, 7) is 6.45. The number of rotatable bonds is 6. The Morgan fingerprint density at radius 1 is 1.14 bits per heavy atom. The first-order chi connectivity index (χ1) is 10.6. The van der Waals surface area contributed by atoms with E-state index in [0.29, 0.717) is 12.5 Å². The summed E-state index contributed by atoms with van der Waals surface area (Å²) in [5.74, 6) is 0.989. The Labute approximate surface area is 131 Å². The molecule has 0 saturated heterocycles. The molecular weight excluding hydrogens is 276 g/mol. The highest BCUT2D eigenvalue weighted by molar-refractivity contribution is 5.80. The summed E-state index contributed by atoms with van der Waals surface area (Å²) < 4.78 is 5.83. The quantitative estimate of drug-likeness (QED) is 0.890. The van der Waals surface area contributed by atoms with Gasteiger partial charge < -0.3 is 10.1 Å². The molecule has 0 fully saturated rings. The Kier molecular flexibility index (Phi) is 5.53. The predicted molar refractivity (Wildman–Crippen MR) is 86.7 cm³/mol. The zero-order chi connectivity index (χ0) is 15.9. The van der Waals surface area contributed by atoms with Crippen molar-refractivity contribution in [2.24, 2.45) is 0 Å². The molecule has 1 N–H and O–H groups in total. The highest BCUT2D eigenvalue weighted by Crippen LogP contribution is 2.26. The zero-order valence-electron chi connectivity index (χ0n) is 13.2. The first-order valence-corrected chi connectivity index (χ1v) is 7.50. The number of carbonyl (C=O) groups is 1. The topological polar surface area (TPSA) is 51.2 Å². The second-order valence-corrected chi connectivity index (χ2v) is 5.53. The van der Waals surface area contributed by atoms with Gasteiger partial charge >= 0.3 is 0 Å². The van der Waals surface area contributed by atoms with Crippen LogP contribution in [-0.2, 0) is 11.3 Å². The second-order valence-electron chi connectivity index (χ2n) is 5.53. The maximum Gasteiger partial charge on any atom is 0.261 e. The number of nitrogens with zero attached hydrogens (tertiary/aromatic N) is 1. The molecule has 1 amide bonds. The summed E-state index contributed by atoms with van der Waals surface area (Å²) in [4.78, 5) is 16.1. The van der Waals surface area contributed by atoms with Crippen molar-refractivity contribution in [1.29, 1.82) is 0 Å². The standard InChI is InChI=1S/C18H22N2O2/c1-13(2)16-6-4-5-7-17(16)22-14(3)18(21)20-12-15-8-10-19-11-9-15/h4-11,13-14H,12H2,1-3H3,(H,20,21). The number of amides is 1. The highest BCUT2D eigenvalue weighted by Gasteiger charge is 2.16. The maximum absolute atomic E-state index is 12.2. The van der Waals surface area contributed by atoms with Crippen molar-refractivity contribution in [2.45, 2.75) is 39.3 Å². The van der Waals surface area contributed by atoms with Gasteiger partial charge in [0, 0.05) is 18.9 Å². The average molecular weight is 298 g/mol. The monoisotopic (exact) mass is 298 g/mol. The zero-order valence-corrected chi connectivity index (χ0v) is 13.2. The van der Waals surface area contributed by atoms with E-state index >= 15 is 0 Å². The van der Waals surface area contributed by atoms with Gasteiger partial charge in [0.25, 0.3) is 5.91 Å². The van der Waals surface area contributed by atoms with E-state index < -0.39 is 6.10 Å². The van der Waals surface area contributed by atoms with Crippen LogP contribution in [0.2, 0.25) is 0 Å². The van der Waals surface area contributed by atoms with Gasteiger partial charge in [-0.15, -0.1) is 0 Å². The van der Waals surface area contributed by atoms with Crippen LogP contribution in [0.5, 0.6) is 5.75 Å². The molecule has 1 aromatic carbocycles. The minimum absolute atomic E-state index is 0.129. The van der Waals surface area contributed by atoms with E-state index in [4.69, 9.17) is 4.74 Å². The number of pyridine rings is 1. The van der Waals surface area contributed by atoms with Crippen LogP contribution < -0.4 is 10.1 Å². The fourth-order valence-corrected chi connectivity index (χ4v) is 2.14. The molecule has 0 aliphatic carbocycles. The van der Waals surface area contributed by atoms with Crippen LogP contribution >= 0.6 is 0 Å². The number of aromatic nitrogens is 1. The first-order valence-electron chi connectivity index (χ1n) is 7.50. The molecule has 2 aromatic rings. The fraction of sp³-hybridized carbons (Fsp3) is 0.333. The lowest BCUT2D eigenvalue weighted by atomic mass is 10.0. The molecule has 0 aliphatic rings. The van der Waals surface area contributed by atoms with Crippen LogP contribution in [0.1, 0.15) is 37.8 Å². The van der Waals surface area contributed by atoms with Crippen molar-refractivity contribution in [1.82, 2.24) is 10.3 Å².